The van der Waals surface area contributed by atoms with Crippen LogP contribution in [0, 0.1) is 13.8 Å². The first-order chi connectivity index (χ1) is 9.58. The summed E-state index contributed by atoms with van der Waals surface area (Å²) < 4.78 is 5.68. The molecular formula is C16H20N2O2. The van der Waals surface area contributed by atoms with Crippen molar-refractivity contribution in [2.75, 3.05) is 13.1 Å². The molecule has 0 fully saturated rings. The van der Waals surface area contributed by atoms with Gasteiger partial charge in [-0.1, -0.05) is 18.2 Å². The van der Waals surface area contributed by atoms with E-state index in [1.54, 1.807) is 11.8 Å². The van der Waals surface area contributed by atoms with Crippen LogP contribution in [-0.2, 0) is 0 Å². The fourth-order valence-electron chi connectivity index (χ4n) is 2.18. The number of aromatic nitrogens is 1. The Morgan fingerprint density at radius 1 is 1.20 bits per heavy atom. The van der Waals surface area contributed by atoms with Crippen molar-refractivity contribution in [2.45, 2.75) is 27.7 Å². The van der Waals surface area contributed by atoms with Crippen molar-refractivity contribution in [1.82, 2.24) is 9.88 Å². The Kier molecular flexibility index (Phi) is 4.23. The van der Waals surface area contributed by atoms with Crippen LogP contribution >= 0.6 is 0 Å². The molecule has 2 rings (SSSR count). The van der Waals surface area contributed by atoms with Gasteiger partial charge in [0.25, 0.3) is 5.91 Å². The first-order valence-electron chi connectivity index (χ1n) is 6.91. The maximum Gasteiger partial charge on any atom is 0.276 e. The van der Waals surface area contributed by atoms with Gasteiger partial charge in [-0.3, -0.25) is 4.79 Å². The highest BCUT2D eigenvalue weighted by Crippen LogP contribution is 2.25. The third kappa shape index (κ3) is 2.59. The van der Waals surface area contributed by atoms with Crippen molar-refractivity contribution in [2.24, 2.45) is 0 Å². The van der Waals surface area contributed by atoms with Crippen molar-refractivity contribution in [3.63, 3.8) is 0 Å². The van der Waals surface area contributed by atoms with E-state index in [0.717, 1.165) is 11.1 Å². The van der Waals surface area contributed by atoms with Crippen LogP contribution in [0.3, 0.4) is 0 Å². The molecule has 0 bridgehead atoms. The second-order valence-corrected chi connectivity index (χ2v) is 4.72. The monoisotopic (exact) mass is 272 g/mol. The number of benzene rings is 1. The molecule has 0 saturated heterocycles. The van der Waals surface area contributed by atoms with E-state index in [2.05, 4.69) is 4.98 Å². The largest absolute Gasteiger partial charge is 0.441 e. The van der Waals surface area contributed by atoms with E-state index >= 15 is 0 Å². The quantitative estimate of drug-likeness (QED) is 0.856. The lowest BCUT2D eigenvalue weighted by Crippen LogP contribution is -2.31. The molecule has 1 aromatic heterocycles. The van der Waals surface area contributed by atoms with Crippen LogP contribution in [0.15, 0.2) is 28.7 Å². The average Bonchev–Trinajstić information content (AvgIpc) is 2.82. The molecule has 0 radical (unpaired) electrons. The van der Waals surface area contributed by atoms with Crippen molar-refractivity contribution in [3.8, 4) is 11.5 Å². The van der Waals surface area contributed by atoms with Gasteiger partial charge in [-0.25, -0.2) is 4.98 Å². The topological polar surface area (TPSA) is 46.3 Å². The van der Waals surface area contributed by atoms with Gasteiger partial charge in [-0.15, -0.1) is 0 Å². The van der Waals surface area contributed by atoms with Gasteiger partial charge in [0.05, 0.1) is 0 Å². The number of oxazole rings is 1. The zero-order valence-corrected chi connectivity index (χ0v) is 12.4. The maximum absolute atomic E-state index is 12.4. The summed E-state index contributed by atoms with van der Waals surface area (Å²) in [4.78, 5) is 18.5. The van der Waals surface area contributed by atoms with Crippen molar-refractivity contribution < 1.29 is 9.21 Å². The van der Waals surface area contributed by atoms with Crippen LogP contribution in [0.25, 0.3) is 11.5 Å². The Morgan fingerprint density at radius 2 is 1.85 bits per heavy atom. The van der Waals surface area contributed by atoms with Crippen LogP contribution in [0.2, 0.25) is 0 Å². The molecule has 0 aliphatic heterocycles. The molecule has 4 nitrogen and oxygen atoms in total. The lowest BCUT2D eigenvalue weighted by molar-refractivity contribution is 0.0766. The molecule has 2 aromatic rings. The van der Waals surface area contributed by atoms with Crippen LogP contribution in [0.4, 0.5) is 0 Å². The van der Waals surface area contributed by atoms with Gasteiger partial charge >= 0.3 is 0 Å². The minimum atomic E-state index is -0.0731. The van der Waals surface area contributed by atoms with Gasteiger partial charge < -0.3 is 9.32 Å². The molecule has 0 atom stereocenters. The number of hydrogen-bond acceptors (Lipinski definition) is 3. The Hall–Kier alpha value is -2.10. The highest BCUT2D eigenvalue weighted by Gasteiger charge is 2.22. The molecule has 1 aromatic carbocycles. The van der Waals surface area contributed by atoms with E-state index in [4.69, 9.17) is 4.42 Å². The summed E-state index contributed by atoms with van der Waals surface area (Å²) in [5, 5.41) is 0. The van der Waals surface area contributed by atoms with Gasteiger partial charge in [-0.05, 0) is 39.3 Å². The molecule has 1 amide bonds. The summed E-state index contributed by atoms with van der Waals surface area (Å²) in [5.41, 5.74) is 2.41. The second kappa shape index (κ2) is 5.90. The van der Waals surface area contributed by atoms with Crippen molar-refractivity contribution >= 4 is 5.91 Å². The molecule has 1 heterocycles. The summed E-state index contributed by atoms with van der Waals surface area (Å²) in [6.07, 6.45) is 0. The minimum Gasteiger partial charge on any atom is -0.441 e. The summed E-state index contributed by atoms with van der Waals surface area (Å²) in [6.45, 7) is 9.03. The van der Waals surface area contributed by atoms with Crippen molar-refractivity contribution in [3.05, 3.63) is 41.3 Å². The van der Waals surface area contributed by atoms with Gasteiger partial charge in [0.2, 0.25) is 5.89 Å². The third-order valence-corrected chi connectivity index (χ3v) is 3.43. The van der Waals surface area contributed by atoms with E-state index in [9.17, 15) is 4.79 Å². The van der Waals surface area contributed by atoms with E-state index < -0.39 is 0 Å². The SMILES string of the molecule is CCN(CC)C(=O)c1nc(-c2ccccc2C)oc1C. The highest BCUT2D eigenvalue weighted by molar-refractivity contribution is 5.93. The molecule has 0 aliphatic carbocycles. The molecule has 0 spiro atoms. The summed E-state index contributed by atoms with van der Waals surface area (Å²) in [6, 6.07) is 7.86. The Labute approximate surface area is 119 Å². The molecule has 20 heavy (non-hydrogen) atoms. The zero-order valence-electron chi connectivity index (χ0n) is 12.4. The zero-order chi connectivity index (χ0) is 14.7. The minimum absolute atomic E-state index is 0.0731. The predicted molar refractivity (Wildman–Crippen MR) is 78.7 cm³/mol. The van der Waals surface area contributed by atoms with Gasteiger partial charge in [0.1, 0.15) is 5.76 Å². The Morgan fingerprint density at radius 3 is 2.45 bits per heavy atom. The molecular weight excluding hydrogens is 252 g/mol. The second-order valence-electron chi connectivity index (χ2n) is 4.72. The van der Waals surface area contributed by atoms with Gasteiger partial charge in [-0.2, -0.15) is 0 Å². The molecule has 0 aliphatic rings. The number of hydrogen-bond donors (Lipinski definition) is 0. The summed E-state index contributed by atoms with van der Waals surface area (Å²) >= 11 is 0. The van der Waals surface area contributed by atoms with Crippen LogP contribution < -0.4 is 0 Å². The van der Waals surface area contributed by atoms with Crippen LogP contribution in [0.5, 0.6) is 0 Å². The maximum atomic E-state index is 12.4. The fourth-order valence-corrected chi connectivity index (χ4v) is 2.18. The lowest BCUT2D eigenvalue weighted by Gasteiger charge is -2.16. The van der Waals surface area contributed by atoms with Gasteiger partial charge in [0.15, 0.2) is 5.69 Å². The smallest absolute Gasteiger partial charge is 0.276 e. The average molecular weight is 272 g/mol. The van der Waals surface area contributed by atoms with E-state index in [-0.39, 0.29) is 5.91 Å². The first-order valence-corrected chi connectivity index (χ1v) is 6.91. The summed E-state index contributed by atoms with van der Waals surface area (Å²) in [5.74, 6) is 1.01. The highest BCUT2D eigenvalue weighted by atomic mass is 16.4. The Bertz CT molecular complexity index is 613. The Balaban J connectivity index is 2.40. The predicted octanol–water partition coefficient (Wildman–Crippen LogP) is 3.44. The number of rotatable bonds is 4. The van der Waals surface area contributed by atoms with E-state index in [1.807, 2.05) is 45.0 Å². The fraction of sp³-hybridized carbons (Fsp3) is 0.375. The van der Waals surface area contributed by atoms with E-state index in [1.165, 1.54) is 0 Å². The van der Waals surface area contributed by atoms with Crippen LogP contribution in [0.1, 0.15) is 35.7 Å². The molecule has 106 valence electrons. The standard InChI is InChI=1S/C16H20N2O2/c1-5-18(6-2)16(19)14-12(4)20-15(17-14)13-10-8-7-9-11(13)3/h7-10H,5-6H2,1-4H3. The summed E-state index contributed by atoms with van der Waals surface area (Å²) in [7, 11) is 0. The van der Waals surface area contributed by atoms with E-state index in [0.29, 0.717) is 30.4 Å². The normalized spacial score (nSPS) is 10.6. The first kappa shape index (κ1) is 14.3. The number of carbonyl (C=O) groups is 1. The number of nitrogens with zero attached hydrogens (tertiary/aromatic N) is 2. The lowest BCUT2D eigenvalue weighted by atomic mass is 10.1. The van der Waals surface area contributed by atoms with Crippen LogP contribution in [-0.4, -0.2) is 28.9 Å². The number of carbonyl (C=O) groups excluding carboxylic acids is 1. The molecule has 0 unspecified atom stereocenters. The third-order valence-electron chi connectivity index (χ3n) is 3.43. The number of aryl methyl sites for hydroxylation is 2. The molecule has 0 N–H and O–H groups in total. The molecule has 0 saturated carbocycles. The van der Waals surface area contributed by atoms with Crippen molar-refractivity contribution in [1.29, 1.82) is 0 Å². The number of amides is 1. The van der Waals surface area contributed by atoms with Gasteiger partial charge in [0, 0.05) is 18.7 Å². The molecule has 4 heteroatoms.